The van der Waals surface area contributed by atoms with Gasteiger partial charge in [-0.1, -0.05) is 6.58 Å². The Morgan fingerprint density at radius 1 is 1.03 bits per heavy atom. The van der Waals surface area contributed by atoms with Crippen molar-refractivity contribution in [2.45, 2.75) is 85.6 Å². The largest absolute Gasteiger partial charge is 0.463 e. The molecule has 0 saturated heterocycles. The van der Waals surface area contributed by atoms with E-state index in [2.05, 4.69) is 11.5 Å². The van der Waals surface area contributed by atoms with E-state index in [1.165, 1.54) is 13.8 Å². The van der Waals surface area contributed by atoms with Crippen molar-refractivity contribution in [1.82, 2.24) is 4.90 Å². The first-order chi connectivity index (χ1) is 15.9. The van der Waals surface area contributed by atoms with Gasteiger partial charge in [0.15, 0.2) is 0 Å². The van der Waals surface area contributed by atoms with Crippen LogP contribution in [0.15, 0.2) is 23.5 Å². The lowest BCUT2D eigenvalue weighted by Gasteiger charge is -2.42. The van der Waals surface area contributed by atoms with Crippen molar-refractivity contribution >= 4 is 19.5 Å². The minimum atomic E-state index is -4.08. The molecule has 3 unspecified atom stereocenters. The number of nitrogens with zero attached hydrogens (tertiary/aromatic N) is 2. The molecular weight excluding hydrogens is 471 g/mol. The smallest absolute Gasteiger partial charge is 0.338 e. The third-order valence-corrected chi connectivity index (χ3v) is 7.57. The van der Waals surface area contributed by atoms with Crippen LogP contribution in [0, 0.1) is 0 Å². The molecule has 0 radical (unpaired) electrons. The van der Waals surface area contributed by atoms with Crippen molar-refractivity contribution in [1.29, 1.82) is 0 Å². The lowest BCUT2D eigenvalue weighted by atomic mass is 10.0. The Hall–Kier alpha value is -1.51. The van der Waals surface area contributed by atoms with Gasteiger partial charge in [0.25, 0.3) is 0 Å². The van der Waals surface area contributed by atoms with E-state index >= 15 is 0 Å². The molecule has 0 aromatic carbocycles. The number of hydrogen-bond donors (Lipinski definition) is 1. The summed E-state index contributed by atoms with van der Waals surface area (Å²) in [5.41, 5.74) is -0.539. The van der Waals surface area contributed by atoms with Gasteiger partial charge in [0.1, 0.15) is 18.9 Å². The first-order valence-electron chi connectivity index (χ1n) is 12.1. The zero-order valence-electron chi connectivity index (χ0n) is 23.6. The molecule has 0 saturated carbocycles. The van der Waals surface area contributed by atoms with E-state index in [-0.39, 0.29) is 48.6 Å². The Labute approximate surface area is 212 Å². The molecule has 0 aromatic rings. The zero-order valence-corrected chi connectivity index (χ0v) is 24.5. The minimum absolute atomic E-state index is 0.00492. The van der Waals surface area contributed by atoms with Gasteiger partial charge in [0, 0.05) is 30.1 Å². The Balaban J connectivity index is 6.45. The Bertz CT molecular complexity index is 807. The fourth-order valence-corrected chi connectivity index (χ4v) is 4.95. The van der Waals surface area contributed by atoms with Crippen LogP contribution >= 0.6 is 7.60 Å². The summed E-state index contributed by atoms with van der Waals surface area (Å²) in [6, 6.07) is -0.586. The normalized spacial score (nSPS) is 16.5. The average molecular weight is 520 g/mol. The van der Waals surface area contributed by atoms with Crippen molar-refractivity contribution in [3.8, 4) is 0 Å². The highest BCUT2D eigenvalue weighted by Crippen LogP contribution is 2.51. The molecule has 1 N–H and O–H groups in total. The molecule has 0 heterocycles. The van der Waals surface area contributed by atoms with Crippen molar-refractivity contribution in [3.63, 3.8) is 0 Å². The molecule has 0 spiro atoms. The third-order valence-electron chi connectivity index (χ3n) is 5.64. The zero-order chi connectivity index (χ0) is 27.7. The van der Waals surface area contributed by atoms with Gasteiger partial charge >= 0.3 is 19.5 Å². The van der Waals surface area contributed by atoms with E-state index in [1.54, 1.807) is 13.8 Å². The Kier molecular flexibility index (Phi) is 13.7. The topological polar surface area (TPSA) is 102 Å². The van der Waals surface area contributed by atoms with E-state index in [9.17, 15) is 19.0 Å². The predicted molar refractivity (Wildman–Crippen MR) is 139 cm³/mol. The number of hydrogen-bond acceptors (Lipinski definition) is 7. The lowest BCUT2D eigenvalue weighted by Crippen LogP contribution is -2.50. The van der Waals surface area contributed by atoms with Crippen LogP contribution in [-0.2, 0) is 28.2 Å². The quantitative estimate of drug-likeness (QED) is 0.113. The van der Waals surface area contributed by atoms with E-state index < -0.39 is 31.2 Å². The van der Waals surface area contributed by atoms with Crippen LogP contribution in [-0.4, -0.2) is 90.9 Å². The monoisotopic (exact) mass is 519 g/mol. The predicted octanol–water partition coefficient (Wildman–Crippen LogP) is 4.12. The van der Waals surface area contributed by atoms with Gasteiger partial charge in [-0.25, -0.2) is 9.59 Å². The van der Waals surface area contributed by atoms with Crippen LogP contribution in [0.3, 0.4) is 0 Å². The molecule has 0 bridgehead atoms. The summed E-state index contributed by atoms with van der Waals surface area (Å²) in [6.07, 6.45) is 0.0322. The van der Waals surface area contributed by atoms with Gasteiger partial charge in [0.2, 0.25) is 0 Å². The first-order valence-corrected chi connectivity index (χ1v) is 13.8. The summed E-state index contributed by atoms with van der Waals surface area (Å²) < 4.78 is 30.2. The van der Waals surface area contributed by atoms with Crippen LogP contribution in [0.5, 0.6) is 0 Å². The molecule has 0 rings (SSSR count). The second-order valence-electron chi connectivity index (χ2n) is 10.5. The second-order valence-corrected chi connectivity index (χ2v) is 12.7. The molecule has 10 heteroatoms. The van der Waals surface area contributed by atoms with Crippen LogP contribution in [0.4, 0.5) is 0 Å². The summed E-state index contributed by atoms with van der Waals surface area (Å²) >= 11 is 0. The van der Waals surface area contributed by atoms with Gasteiger partial charge in [0.05, 0.1) is 39.0 Å². The first kappa shape index (κ1) is 33.5. The Morgan fingerprint density at radius 3 is 1.94 bits per heavy atom. The van der Waals surface area contributed by atoms with Gasteiger partial charge < -0.3 is 23.4 Å². The molecule has 35 heavy (non-hydrogen) atoms. The third kappa shape index (κ3) is 11.4. The summed E-state index contributed by atoms with van der Waals surface area (Å²) in [6.45, 7) is 18.8. The van der Waals surface area contributed by atoms with Gasteiger partial charge in [-0.2, -0.15) is 0 Å². The number of carbonyl (C=O) groups excluding carboxylic acids is 2. The molecule has 0 amide bonds. The van der Waals surface area contributed by atoms with Gasteiger partial charge in [-0.05, 0) is 55.4 Å². The number of carbonyl (C=O) groups is 2. The van der Waals surface area contributed by atoms with E-state index in [0.717, 1.165) is 0 Å². The minimum Gasteiger partial charge on any atom is -0.463 e. The number of quaternary nitrogens is 1. The van der Waals surface area contributed by atoms with Crippen LogP contribution in [0.25, 0.3) is 0 Å². The van der Waals surface area contributed by atoms with Crippen molar-refractivity contribution in [2.75, 3.05) is 40.9 Å². The highest BCUT2D eigenvalue weighted by molar-refractivity contribution is 7.53. The highest BCUT2D eigenvalue weighted by atomic mass is 31.2. The maximum atomic E-state index is 13.4. The SMILES string of the molecule is C=C(C)C(=O)OC(CC(C(C)P(=O)(O)OCC[N+](C)(C)C)N(C(C)C)C(C)C)=C(C)C(=O)OCC. The van der Waals surface area contributed by atoms with E-state index in [1.807, 2.05) is 48.8 Å². The second kappa shape index (κ2) is 14.3. The number of likely N-dealkylation sites (N-methyl/N-ethyl adjacent to an activating group) is 1. The van der Waals surface area contributed by atoms with E-state index in [0.29, 0.717) is 11.0 Å². The van der Waals surface area contributed by atoms with Gasteiger partial charge in [-0.15, -0.1) is 0 Å². The number of esters is 2. The fraction of sp³-hybridized carbons (Fsp3) is 0.760. The van der Waals surface area contributed by atoms with E-state index in [4.69, 9.17) is 14.0 Å². The molecule has 9 nitrogen and oxygen atoms in total. The van der Waals surface area contributed by atoms with Crippen LogP contribution < -0.4 is 0 Å². The molecule has 3 atom stereocenters. The summed E-state index contributed by atoms with van der Waals surface area (Å²) in [4.78, 5) is 37.9. The Morgan fingerprint density at radius 2 is 1.54 bits per heavy atom. The maximum absolute atomic E-state index is 13.4. The van der Waals surface area contributed by atoms with Crippen molar-refractivity contribution in [2.24, 2.45) is 0 Å². The van der Waals surface area contributed by atoms with Crippen LogP contribution in [0.1, 0.15) is 61.8 Å². The summed E-state index contributed by atoms with van der Waals surface area (Å²) in [7, 11) is 1.84. The summed E-state index contributed by atoms with van der Waals surface area (Å²) in [5.74, 6) is -1.21. The molecular formula is C25H48N2O7P+. The van der Waals surface area contributed by atoms with Crippen LogP contribution in [0.2, 0.25) is 0 Å². The maximum Gasteiger partial charge on any atom is 0.338 e. The molecule has 0 aliphatic heterocycles. The lowest BCUT2D eigenvalue weighted by molar-refractivity contribution is -0.870. The average Bonchev–Trinajstić information content (AvgIpc) is 2.69. The molecule has 204 valence electrons. The highest BCUT2D eigenvalue weighted by Gasteiger charge is 2.41. The molecule has 0 fully saturated rings. The number of rotatable bonds is 15. The fourth-order valence-electron chi connectivity index (χ4n) is 3.68. The van der Waals surface area contributed by atoms with Crippen molar-refractivity contribution < 1.29 is 37.5 Å². The van der Waals surface area contributed by atoms with Crippen molar-refractivity contribution in [3.05, 3.63) is 23.5 Å². The summed E-state index contributed by atoms with van der Waals surface area (Å²) in [5, 5.41) is 0. The molecule has 0 aliphatic carbocycles. The van der Waals surface area contributed by atoms with Gasteiger partial charge in [-0.3, -0.25) is 9.46 Å². The standard InChI is InChI=1S/C25H47N2O7P/c1-13-32-25(29)20(8)23(34-24(28)17(2)3)16-22(26(18(4)5)19(6)7)21(9)35(30,31)33-15-14-27(10,11)12/h18-19,21-22H,2,13-16H2,1,3-12H3/p+1. The molecule has 0 aliphatic rings. The number of ether oxygens (including phenoxy) is 2. The molecule has 0 aromatic heterocycles.